The van der Waals surface area contributed by atoms with Gasteiger partial charge < -0.3 is 5.32 Å². The van der Waals surface area contributed by atoms with Gasteiger partial charge >= 0.3 is 0 Å². The van der Waals surface area contributed by atoms with E-state index in [4.69, 9.17) is 0 Å². The topological polar surface area (TPSA) is 12.0 Å². The lowest BCUT2D eigenvalue weighted by atomic mass is 10.2. The molecule has 1 aromatic rings. The van der Waals surface area contributed by atoms with Gasteiger partial charge in [0.1, 0.15) is 0 Å². The van der Waals surface area contributed by atoms with E-state index in [9.17, 15) is 0 Å². The summed E-state index contributed by atoms with van der Waals surface area (Å²) in [6.45, 7) is 5.41. The van der Waals surface area contributed by atoms with E-state index in [1.165, 1.54) is 16.9 Å². The van der Waals surface area contributed by atoms with Gasteiger partial charge in [-0.2, -0.15) is 0 Å². The Labute approximate surface area is 84.9 Å². The molecule has 72 valence electrons. The molecule has 1 aromatic carbocycles. The fourth-order valence-corrected chi connectivity index (χ4v) is 1.76. The van der Waals surface area contributed by atoms with E-state index >= 15 is 0 Å². The normalized spacial score (nSPS) is 10.3. The highest BCUT2D eigenvalue weighted by atomic mass is 32.2. The number of hydrogen-bond donors (Lipinski definition) is 1. The van der Waals surface area contributed by atoms with E-state index in [2.05, 4.69) is 43.4 Å². The second-order valence-corrected chi connectivity index (χ2v) is 4.15. The number of aryl methyl sites for hydroxylation is 1. The first-order valence-electron chi connectivity index (χ1n) is 4.73. The summed E-state index contributed by atoms with van der Waals surface area (Å²) in [6, 6.07) is 8.66. The molecule has 0 bridgehead atoms. The third-order valence-corrected chi connectivity index (χ3v) is 2.74. The van der Waals surface area contributed by atoms with Crippen LogP contribution in [0.3, 0.4) is 0 Å². The molecular weight excluding hydrogens is 178 g/mol. The summed E-state index contributed by atoms with van der Waals surface area (Å²) in [4.78, 5) is 1.34. The zero-order valence-electron chi connectivity index (χ0n) is 8.34. The summed E-state index contributed by atoms with van der Waals surface area (Å²) in [5.74, 6) is 1.01. The van der Waals surface area contributed by atoms with Crippen molar-refractivity contribution in [3.8, 4) is 0 Å². The molecule has 0 aliphatic heterocycles. The summed E-state index contributed by atoms with van der Waals surface area (Å²) < 4.78 is 0. The van der Waals surface area contributed by atoms with E-state index in [0.717, 1.165) is 12.4 Å². The molecule has 0 atom stereocenters. The molecule has 0 heterocycles. The molecule has 1 nitrogen and oxygen atoms in total. The van der Waals surface area contributed by atoms with Gasteiger partial charge in [0.15, 0.2) is 0 Å². The van der Waals surface area contributed by atoms with Crippen molar-refractivity contribution in [1.29, 1.82) is 0 Å². The van der Waals surface area contributed by atoms with Crippen LogP contribution in [-0.2, 0) is 0 Å². The molecule has 0 aromatic heterocycles. The molecular formula is C11H17NS. The number of nitrogens with one attached hydrogen (secondary N) is 1. The number of thioether (sulfide) groups is 1. The van der Waals surface area contributed by atoms with Gasteiger partial charge in [-0.15, -0.1) is 11.8 Å². The molecule has 0 amide bonds. The molecule has 0 aliphatic rings. The van der Waals surface area contributed by atoms with Crippen LogP contribution in [0, 0.1) is 6.92 Å². The molecule has 1 rings (SSSR count). The SMILES string of the molecule is CCCNCSc1ccc(C)cc1. The Balaban J connectivity index is 2.25. The third kappa shape index (κ3) is 4.34. The standard InChI is InChI=1S/C11H17NS/c1-3-8-12-9-13-11-6-4-10(2)5-7-11/h4-7,12H,3,8-9H2,1-2H3. The fraction of sp³-hybridized carbons (Fsp3) is 0.455. The van der Waals surface area contributed by atoms with E-state index in [-0.39, 0.29) is 0 Å². The first kappa shape index (κ1) is 10.6. The summed E-state index contributed by atoms with van der Waals surface area (Å²) in [5.41, 5.74) is 1.32. The van der Waals surface area contributed by atoms with Gasteiger partial charge in [-0.3, -0.25) is 0 Å². The quantitative estimate of drug-likeness (QED) is 0.440. The molecule has 0 saturated carbocycles. The van der Waals surface area contributed by atoms with Crippen molar-refractivity contribution in [2.45, 2.75) is 25.2 Å². The van der Waals surface area contributed by atoms with Crippen molar-refractivity contribution >= 4 is 11.8 Å². The van der Waals surface area contributed by atoms with Crippen molar-refractivity contribution in [2.75, 3.05) is 12.4 Å². The van der Waals surface area contributed by atoms with E-state index in [1.807, 2.05) is 11.8 Å². The second-order valence-electron chi connectivity index (χ2n) is 3.10. The maximum atomic E-state index is 3.36. The van der Waals surface area contributed by atoms with E-state index in [1.54, 1.807) is 0 Å². The van der Waals surface area contributed by atoms with Crippen molar-refractivity contribution in [2.24, 2.45) is 0 Å². The van der Waals surface area contributed by atoms with E-state index < -0.39 is 0 Å². The van der Waals surface area contributed by atoms with Gasteiger partial charge in [0, 0.05) is 10.8 Å². The van der Waals surface area contributed by atoms with Crippen LogP contribution in [-0.4, -0.2) is 12.4 Å². The Morgan fingerprint density at radius 1 is 1.23 bits per heavy atom. The first-order chi connectivity index (χ1) is 6.33. The molecule has 0 radical (unpaired) electrons. The lowest BCUT2D eigenvalue weighted by Gasteiger charge is -2.02. The Bertz CT molecular complexity index is 230. The lowest BCUT2D eigenvalue weighted by molar-refractivity contribution is 0.756. The van der Waals surface area contributed by atoms with Crippen LogP contribution in [0.15, 0.2) is 29.2 Å². The summed E-state index contributed by atoms with van der Waals surface area (Å²) in [6.07, 6.45) is 1.20. The van der Waals surface area contributed by atoms with Crippen molar-refractivity contribution < 1.29 is 0 Å². The number of benzene rings is 1. The molecule has 13 heavy (non-hydrogen) atoms. The minimum Gasteiger partial charge on any atom is -0.308 e. The first-order valence-corrected chi connectivity index (χ1v) is 5.71. The fourth-order valence-electron chi connectivity index (χ4n) is 1.02. The molecule has 0 spiro atoms. The summed E-state index contributed by atoms with van der Waals surface area (Å²) in [5, 5.41) is 3.36. The van der Waals surface area contributed by atoms with Crippen molar-refractivity contribution in [3.63, 3.8) is 0 Å². The van der Waals surface area contributed by atoms with Gasteiger partial charge in [0.2, 0.25) is 0 Å². The summed E-state index contributed by atoms with van der Waals surface area (Å²) >= 11 is 1.86. The number of hydrogen-bond acceptors (Lipinski definition) is 2. The smallest absolute Gasteiger partial charge is 0.0465 e. The predicted octanol–water partition coefficient (Wildman–Crippen LogP) is 3.04. The van der Waals surface area contributed by atoms with Crippen LogP contribution in [0.25, 0.3) is 0 Å². The van der Waals surface area contributed by atoms with Gasteiger partial charge in [-0.05, 0) is 32.0 Å². The van der Waals surface area contributed by atoms with Crippen LogP contribution >= 0.6 is 11.8 Å². The zero-order valence-corrected chi connectivity index (χ0v) is 9.16. The molecule has 0 fully saturated rings. The van der Waals surface area contributed by atoms with Crippen LogP contribution in [0.5, 0.6) is 0 Å². The lowest BCUT2D eigenvalue weighted by Crippen LogP contribution is -2.12. The van der Waals surface area contributed by atoms with Gasteiger partial charge in [0.05, 0.1) is 0 Å². The van der Waals surface area contributed by atoms with Crippen LogP contribution in [0.1, 0.15) is 18.9 Å². The third-order valence-electron chi connectivity index (χ3n) is 1.79. The molecule has 2 heteroatoms. The maximum Gasteiger partial charge on any atom is 0.0465 e. The molecule has 1 N–H and O–H groups in total. The Morgan fingerprint density at radius 2 is 1.92 bits per heavy atom. The molecule has 0 saturated heterocycles. The van der Waals surface area contributed by atoms with Gasteiger partial charge in [0.25, 0.3) is 0 Å². The van der Waals surface area contributed by atoms with Crippen LogP contribution in [0.4, 0.5) is 0 Å². The Kier molecular flexibility index (Phi) is 4.94. The average Bonchev–Trinajstić information content (AvgIpc) is 2.15. The summed E-state index contributed by atoms with van der Waals surface area (Å²) in [7, 11) is 0. The van der Waals surface area contributed by atoms with Crippen molar-refractivity contribution in [1.82, 2.24) is 5.32 Å². The maximum absolute atomic E-state index is 3.36. The molecule has 0 aliphatic carbocycles. The number of rotatable bonds is 5. The van der Waals surface area contributed by atoms with Gasteiger partial charge in [-0.25, -0.2) is 0 Å². The highest BCUT2D eigenvalue weighted by molar-refractivity contribution is 7.99. The van der Waals surface area contributed by atoms with Crippen molar-refractivity contribution in [3.05, 3.63) is 29.8 Å². The largest absolute Gasteiger partial charge is 0.308 e. The van der Waals surface area contributed by atoms with Gasteiger partial charge in [-0.1, -0.05) is 24.6 Å². The second kappa shape index (κ2) is 6.06. The minimum atomic E-state index is 1.01. The average molecular weight is 195 g/mol. The monoisotopic (exact) mass is 195 g/mol. The van der Waals surface area contributed by atoms with Crippen LogP contribution < -0.4 is 5.32 Å². The predicted molar refractivity (Wildman–Crippen MR) is 60.2 cm³/mol. The highest BCUT2D eigenvalue weighted by Crippen LogP contribution is 2.16. The molecule has 0 unspecified atom stereocenters. The van der Waals surface area contributed by atoms with E-state index in [0.29, 0.717) is 0 Å². The highest BCUT2D eigenvalue weighted by Gasteiger charge is 1.91. The Hall–Kier alpha value is -0.470. The van der Waals surface area contributed by atoms with Crippen LogP contribution in [0.2, 0.25) is 0 Å². The zero-order chi connectivity index (χ0) is 9.52. The Morgan fingerprint density at radius 3 is 2.54 bits per heavy atom. The minimum absolute atomic E-state index is 1.01.